The van der Waals surface area contributed by atoms with E-state index in [-0.39, 0.29) is 0 Å². The molecular weight excluding hydrogens is 320 g/mol. The quantitative estimate of drug-likeness (QED) is 0.537. The van der Waals surface area contributed by atoms with Gasteiger partial charge in [0.2, 0.25) is 0 Å². The van der Waals surface area contributed by atoms with Gasteiger partial charge in [0.05, 0.1) is 42.7 Å². The molecule has 2 aromatic heterocycles. The van der Waals surface area contributed by atoms with E-state index in [1.54, 1.807) is 20.4 Å². The first-order chi connectivity index (χ1) is 12.1. The van der Waals surface area contributed by atoms with Crippen molar-refractivity contribution in [3.05, 3.63) is 53.4 Å². The molecule has 0 radical (unpaired) electrons. The summed E-state index contributed by atoms with van der Waals surface area (Å²) in [4.78, 5) is 16.6. The molecule has 0 spiro atoms. The molecule has 0 bridgehead atoms. The van der Waals surface area contributed by atoms with Crippen LogP contribution in [-0.4, -0.2) is 39.0 Å². The van der Waals surface area contributed by atoms with Crippen molar-refractivity contribution in [3.63, 3.8) is 0 Å². The maximum atomic E-state index is 12.3. The summed E-state index contributed by atoms with van der Waals surface area (Å²) in [7, 11) is 1.63. The second kappa shape index (κ2) is 5.77. The van der Waals surface area contributed by atoms with Crippen LogP contribution < -0.4 is 4.74 Å². The fourth-order valence-electron chi connectivity index (χ4n) is 3.16. The van der Waals surface area contributed by atoms with E-state index < -0.39 is 5.97 Å². The summed E-state index contributed by atoms with van der Waals surface area (Å²) in [6, 6.07) is 5.76. The first-order valence-electron chi connectivity index (χ1n) is 8.09. The molecule has 3 aromatic rings. The Hall–Kier alpha value is -3.09. The summed E-state index contributed by atoms with van der Waals surface area (Å²) in [5.74, 6) is 0.337. The highest BCUT2D eigenvalue weighted by Gasteiger charge is 2.27. The summed E-state index contributed by atoms with van der Waals surface area (Å²) >= 11 is 0. The predicted octanol–water partition coefficient (Wildman–Crippen LogP) is 2.46. The number of carbonyl (C=O) groups is 1. The van der Waals surface area contributed by atoms with Gasteiger partial charge in [-0.3, -0.25) is 4.57 Å². The Morgan fingerprint density at radius 3 is 2.88 bits per heavy atom. The Kier molecular flexibility index (Phi) is 3.56. The van der Waals surface area contributed by atoms with Crippen molar-refractivity contribution in [2.24, 2.45) is 0 Å². The number of fused-ring (bicyclic) bond motifs is 5. The topological polar surface area (TPSA) is 71.2 Å². The van der Waals surface area contributed by atoms with Gasteiger partial charge in [0.25, 0.3) is 0 Å². The summed E-state index contributed by atoms with van der Waals surface area (Å²) in [5, 5.41) is 4.52. The molecule has 7 nitrogen and oxygen atoms in total. The van der Waals surface area contributed by atoms with Crippen LogP contribution in [0.15, 0.2) is 30.7 Å². The minimum Gasteiger partial charge on any atom is -0.497 e. The van der Waals surface area contributed by atoms with E-state index in [2.05, 4.69) is 10.1 Å². The van der Waals surface area contributed by atoms with Gasteiger partial charge in [-0.05, 0) is 31.5 Å². The van der Waals surface area contributed by atoms with Gasteiger partial charge in [-0.2, -0.15) is 5.10 Å². The zero-order valence-corrected chi connectivity index (χ0v) is 14.3. The van der Waals surface area contributed by atoms with E-state index in [1.165, 1.54) is 0 Å². The third-order valence-electron chi connectivity index (χ3n) is 4.42. The van der Waals surface area contributed by atoms with Gasteiger partial charge < -0.3 is 9.47 Å². The highest BCUT2D eigenvalue weighted by molar-refractivity contribution is 5.89. The molecule has 1 aliphatic heterocycles. The molecular formula is C18H18N4O3. The molecule has 3 heterocycles. The number of imidazole rings is 1. The first kappa shape index (κ1) is 15.4. The lowest BCUT2D eigenvalue weighted by atomic mass is 10.1. The Bertz CT molecular complexity index is 971. The van der Waals surface area contributed by atoms with Crippen LogP contribution >= 0.6 is 0 Å². The fourth-order valence-corrected chi connectivity index (χ4v) is 3.16. The molecule has 0 amide bonds. The van der Waals surface area contributed by atoms with Crippen LogP contribution in [0.2, 0.25) is 0 Å². The number of rotatable bonds is 3. The van der Waals surface area contributed by atoms with Crippen molar-refractivity contribution in [3.8, 4) is 17.1 Å². The smallest absolute Gasteiger partial charge is 0.358 e. The van der Waals surface area contributed by atoms with E-state index in [0.717, 1.165) is 34.1 Å². The molecule has 1 aliphatic rings. The minimum absolute atomic E-state index is 0.315. The highest BCUT2D eigenvalue weighted by atomic mass is 16.5. The van der Waals surface area contributed by atoms with Crippen molar-refractivity contribution in [2.75, 3.05) is 13.7 Å². The van der Waals surface area contributed by atoms with Crippen LogP contribution in [0.25, 0.3) is 11.4 Å². The molecule has 7 heteroatoms. The van der Waals surface area contributed by atoms with E-state index in [9.17, 15) is 4.79 Å². The van der Waals surface area contributed by atoms with Crippen LogP contribution in [0.4, 0.5) is 0 Å². The lowest BCUT2D eigenvalue weighted by Gasteiger charge is -2.12. The lowest BCUT2D eigenvalue weighted by molar-refractivity contribution is 0.0519. The zero-order chi connectivity index (χ0) is 17.6. The fraction of sp³-hybridized carbons (Fsp3) is 0.278. The van der Waals surface area contributed by atoms with Crippen molar-refractivity contribution in [2.45, 2.75) is 20.3 Å². The van der Waals surface area contributed by atoms with Gasteiger partial charge in [0.15, 0.2) is 5.69 Å². The molecule has 0 saturated carbocycles. The number of aryl methyl sites for hydroxylation is 1. The molecule has 0 saturated heterocycles. The molecule has 0 unspecified atom stereocenters. The minimum atomic E-state index is -0.406. The van der Waals surface area contributed by atoms with Crippen molar-refractivity contribution >= 4 is 5.97 Å². The van der Waals surface area contributed by atoms with Crippen LogP contribution in [-0.2, 0) is 11.2 Å². The van der Waals surface area contributed by atoms with E-state index in [0.29, 0.717) is 18.7 Å². The standard InChI is InChI=1S/C18H18N4O3/c1-4-25-18(23)17-16-8-14-11(2)9-20-22(14)15-7-12(24-3)5-6-13(15)21(16)10-19-17/h5-7,9-10H,4,8H2,1-3H3. The second-order valence-corrected chi connectivity index (χ2v) is 5.85. The third-order valence-corrected chi connectivity index (χ3v) is 4.42. The largest absolute Gasteiger partial charge is 0.497 e. The molecule has 0 fully saturated rings. The third kappa shape index (κ3) is 2.31. The van der Waals surface area contributed by atoms with Crippen molar-refractivity contribution < 1.29 is 14.3 Å². The Labute approximate surface area is 144 Å². The Morgan fingerprint density at radius 2 is 2.12 bits per heavy atom. The Morgan fingerprint density at radius 1 is 1.28 bits per heavy atom. The maximum absolute atomic E-state index is 12.3. The average Bonchev–Trinajstić information content (AvgIpc) is 3.16. The van der Waals surface area contributed by atoms with Gasteiger partial charge in [-0.15, -0.1) is 0 Å². The van der Waals surface area contributed by atoms with Crippen LogP contribution in [0.5, 0.6) is 5.75 Å². The summed E-state index contributed by atoms with van der Waals surface area (Å²) < 4.78 is 14.3. The van der Waals surface area contributed by atoms with Crippen molar-refractivity contribution in [1.82, 2.24) is 19.3 Å². The molecule has 128 valence electrons. The van der Waals surface area contributed by atoms with Gasteiger partial charge >= 0.3 is 5.97 Å². The number of hydrogen-bond donors (Lipinski definition) is 0. The number of esters is 1. The first-order valence-corrected chi connectivity index (χ1v) is 8.09. The van der Waals surface area contributed by atoms with Crippen LogP contribution in [0, 0.1) is 6.92 Å². The lowest BCUT2D eigenvalue weighted by Crippen LogP contribution is -2.10. The van der Waals surface area contributed by atoms with Crippen molar-refractivity contribution in [1.29, 1.82) is 0 Å². The number of methoxy groups -OCH3 is 1. The summed E-state index contributed by atoms with van der Waals surface area (Å²) in [6.45, 7) is 4.11. The molecule has 1 aromatic carbocycles. The van der Waals surface area contributed by atoms with Gasteiger partial charge in [-0.25, -0.2) is 14.5 Å². The molecule has 4 rings (SSSR count). The molecule has 0 atom stereocenters. The van der Waals surface area contributed by atoms with Crippen LogP contribution in [0.1, 0.15) is 34.4 Å². The number of ether oxygens (including phenoxy) is 2. The number of hydrogen-bond acceptors (Lipinski definition) is 5. The zero-order valence-electron chi connectivity index (χ0n) is 14.3. The summed E-state index contributed by atoms with van der Waals surface area (Å²) in [5.41, 5.74) is 4.98. The molecule has 0 aliphatic carbocycles. The number of aromatic nitrogens is 4. The molecule has 25 heavy (non-hydrogen) atoms. The Balaban J connectivity index is 1.98. The number of carbonyl (C=O) groups excluding carboxylic acids is 1. The van der Waals surface area contributed by atoms with Gasteiger partial charge in [-0.1, -0.05) is 0 Å². The predicted molar refractivity (Wildman–Crippen MR) is 90.7 cm³/mol. The normalized spacial score (nSPS) is 12.0. The highest BCUT2D eigenvalue weighted by Crippen LogP contribution is 2.32. The number of benzene rings is 1. The second-order valence-electron chi connectivity index (χ2n) is 5.85. The van der Waals surface area contributed by atoms with E-state index in [1.807, 2.05) is 40.6 Å². The summed E-state index contributed by atoms with van der Waals surface area (Å²) in [6.07, 6.45) is 4.03. The maximum Gasteiger partial charge on any atom is 0.358 e. The van der Waals surface area contributed by atoms with Gasteiger partial charge in [0.1, 0.15) is 12.1 Å². The SMILES string of the molecule is CCOC(=O)c1ncn2c1Cc1c(C)cnn1-c1cc(OC)ccc1-2. The van der Waals surface area contributed by atoms with Gasteiger partial charge in [0, 0.05) is 12.5 Å². The molecule has 0 N–H and O–H groups in total. The average molecular weight is 338 g/mol. The van der Waals surface area contributed by atoms with E-state index >= 15 is 0 Å². The van der Waals surface area contributed by atoms with E-state index in [4.69, 9.17) is 9.47 Å². The van der Waals surface area contributed by atoms with Crippen LogP contribution in [0.3, 0.4) is 0 Å². The monoisotopic (exact) mass is 338 g/mol. The number of nitrogens with zero attached hydrogens (tertiary/aromatic N) is 4.